The van der Waals surface area contributed by atoms with Gasteiger partial charge in [-0.3, -0.25) is 4.79 Å². The predicted molar refractivity (Wildman–Crippen MR) is 66.9 cm³/mol. The fourth-order valence-corrected chi connectivity index (χ4v) is 1.89. The molecule has 1 rings (SSSR count). The molecule has 3 nitrogen and oxygen atoms in total. The second-order valence-electron chi connectivity index (χ2n) is 3.17. The third kappa shape index (κ3) is 4.64. The molecule has 0 aliphatic heterocycles. The van der Waals surface area contributed by atoms with Gasteiger partial charge >= 0.3 is 0 Å². The van der Waals surface area contributed by atoms with Crippen LogP contribution in [0.4, 0.5) is 0 Å². The van der Waals surface area contributed by atoms with Gasteiger partial charge in [0.15, 0.2) is 0 Å². The summed E-state index contributed by atoms with van der Waals surface area (Å²) in [6.45, 7) is 3.42. The number of halogens is 1. The average molecular weight is 249 g/mol. The van der Waals surface area contributed by atoms with E-state index in [2.05, 4.69) is 10.6 Å². The highest BCUT2D eigenvalue weighted by molar-refractivity contribution is 7.08. The van der Waals surface area contributed by atoms with Crippen molar-refractivity contribution in [2.45, 2.75) is 12.8 Å². The number of likely N-dealkylation sites (N-methyl/N-ethyl adjacent to an activating group) is 1. The van der Waals surface area contributed by atoms with Crippen LogP contribution in [0.3, 0.4) is 0 Å². The van der Waals surface area contributed by atoms with E-state index in [9.17, 15) is 4.79 Å². The van der Waals surface area contributed by atoms with Crippen LogP contribution in [0.25, 0.3) is 0 Å². The van der Waals surface area contributed by atoms with Crippen LogP contribution in [-0.2, 0) is 4.79 Å². The smallest absolute Gasteiger partial charge is 0.227 e. The molecule has 5 heteroatoms. The highest BCUT2D eigenvalue weighted by Gasteiger charge is 2.14. The highest BCUT2D eigenvalue weighted by atomic mass is 35.5. The lowest BCUT2D eigenvalue weighted by atomic mass is 10.0. The van der Waals surface area contributed by atoms with E-state index in [1.54, 1.807) is 11.3 Å². The number of hydrogen-bond acceptors (Lipinski definition) is 3. The minimum absolute atomic E-state index is 0. The molecule has 86 valence electrons. The first-order valence-electron chi connectivity index (χ1n) is 4.70. The Kier molecular flexibility index (Phi) is 7.38. The Labute approximate surface area is 101 Å². The molecule has 0 fully saturated rings. The zero-order valence-electron chi connectivity index (χ0n) is 8.95. The summed E-state index contributed by atoms with van der Waals surface area (Å²) in [4.78, 5) is 11.6. The van der Waals surface area contributed by atoms with Crippen LogP contribution in [0.1, 0.15) is 18.4 Å². The molecule has 0 aliphatic rings. The minimum Gasteiger partial charge on any atom is -0.354 e. The van der Waals surface area contributed by atoms with Gasteiger partial charge in [0.05, 0.1) is 5.92 Å². The first kappa shape index (κ1) is 14.4. The summed E-state index contributed by atoms with van der Waals surface area (Å²) in [5, 5.41) is 9.87. The standard InChI is InChI=1S/C10H16N2OS.ClH/c1-8(9-3-6-14-7-9)10(13)12-5-4-11-2;/h3,6-8,11H,4-5H2,1-2H3,(H,12,13);1H. The fourth-order valence-electron chi connectivity index (χ4n) is 1.14. The second-order valence-corrected chi connectivity index (χ2v) is 3.95. The predicted octanol–water partition coefficient (Wildman–Crippen LogP) is 1.61. The number of thiophene rings is 1. The Balaban J connectivity index is 0.00000196. The quantitative estimate of drug-likeness (QED) is 0.778. The molecule has 1 aromatic heterocycles. The number of hydrogen-bond donors (Lipinski definition) is 2. The van der Waals surface area contributed by atoms with Crippen molar-refractivity contribution in [2.75, 3.05) is 20.1 Å². The Hall–Kier alpha value is -0.580. The van der Waals surface area contributed by atoms with Crippen molar-refractivity contribution in [3.8, 4) is 0 Å². The zero-order chi connectivity index (χ0) is 10.4. The lowest BCUT2D eigenvalue weighted by molar-refractivity contribution is -0.122. The zero-order valence-corrected chi connectivity index (χ0v) is 10.6. The molecule has 0 radical (unpaired) electrons. The summed E-state index contributed by atoms with van der Waals surface area (Å²) in [6, 6.07) is 1.99. The molecule has 1 atom stereocenters. The number of amides is 1. The first-order chi connectivity index (χ1) is 6.75. The molecule has 1 heterocycles. The largest absolute Gasteiger partial charge is 0.354 e. The summed E-state index contributed by atoms with van der Waals surface area (Å²) >= 11 is 1.62. The Morgan fingerprint density at radius 2 is 2.27 bits per heavy atom. The number of nitrogens with one attached hydrogen (secondary N) is 2. The van der Waals surface area contributed by atoms with Gasteiger partial charge in [0.2, 0.25) is 5.91 Å². The second kappa shape index (κ2) is 7.68. The van der Waals surface area contributed by atoms with Crippen LogP contribution in [-0.4, -0.2) is 26.0 Å². The van der Waals surface area contributed by atoms with E-state index in [1.807, 2.05) is 30.8 Å². The van der Waals surface area contributed by atoms with E-state index in [1.165, 1.54) is 0 Å². The third-order valence-corrected chi connectivity index (χ3v) is 2.81. The van der Waals surface area contributed by atoms with Crippen molar-refractivity contribution in [1.29, 1.82) is 0 Å². The van der Waals surface area contributed by atoms with E-state index in [0.717, 1.165) is 12.1 Å². The molecule has 0 saturated carbocycles. The van der Waals surface area contributed by atoms with Gasteiger partial charge in [-0.15, -0.1) is 12.4 Å². The maximum atomic E-state index is 11.6. The van der Waals surface area contributed by atoms with Crippen molar-refractivity contribution < 1.29 is 4.79 Å². The van der Waals surface area contributed by atoms with Crippen LogP contribution >= 0.6 is 23.7 Å². The minimum atomic E-state index is -0.0434. The SMILES string of the molecule is CNCCNC(=O)C(C)c1ccsc1.Cl. The molecule has 0 aliphatic carbocycles. The van der Waals surface area contributed by atoms with Crippen LogP contribution in [0.5, 0.6) is 0 Å². The Morgan fingerprint density at radius 3 is 2.80 bits per heavy atom. The molecular formula is C10H17ClN2OS. The summed E-state index contributed by atoms with van der Waals surface area (Å²) < 4.78 is 0. The first-order valence-corrected chi connectivity index (χ1v) is 5.64. The van der Waals surface area contributed by atoms with Crippen molar-refractivity contribution in [3.05, 3.63) is 22.4 Å². The molecule has 1 amide bonds. The number of carbonyl (C=O) groups is 1. The maximum Gasteiger partial charge on any atom is 0.227 e. The number of rotatable bonds is 5. The molecule has 0 spiro atoms. The topological polar surface area (TPSA) is 41.1 Å². The normalized spacial score (nSPS) is 11.6. The summed E-state index contributed by atoms with van der Waals surface area (Å²) in [6.07, 6.45) is 0. The van der Waals surface area contributed by atoms with Gasteiger partial charge in [-0.05, 0) is 36.4 Å². The van der Waals surface area contributed by atoms with Crippen LogP contribution < -0.4 is 10.6 Å². The average Bonchev–Trinajstić information content (AvgIpc) is 2.69. The number of carbonyl (C=O) groups excluding carboxylic acids is 1. The van der Waals surface area contributed by atoms with Gasteiger partial charge in [-0.2, -0.15) is 11.3 Å². The van der Waals surface area contributed by atoms with E-state index in [0.29, 0.717) is 6.54 Å². The van der Waals surface area contributed by atoms with E-state index < -0.39 is 0 Å². The van der Waals surface area contributed by atoms with Crippen molar-refractivity contribution in [1.82, 2.24) is 10.6 Å². The van der Waals surface area contributed by atoms with Gasteiger partial charge in [-0.25, -0.2) is 0 Å². The summed E-state index contributed by atoms with van der Waals surface area (Å²) in [5.74, 6) is 0.0526. The van der Waals surface area contributed by atoms with Crippen LogP contribution in [0.2, 0.25) is 0 Å². The highest BCUT2D eigenvalue weighted by Crippen LogP contribution is 2.17. The molecule has 0 aromatic carbocycles. The van der Waals surface area contributed by atoms with E-state index in [-0.39, 0.29) is 24.2 Å². The van der Waals surface area contributed by atoms with Gasteiger partial charge in [0.25, 0.3) is 0 Å². The lowest BCUT2D eigenvalue weighted by Crippen LogP contribution is -2.33. The van der Waals surface area contributed by atoms with Gasteiger partial charge in [0.1, 0.15) is 0 Å². The lowest BCUT2D eigenvalue weighted by Gasteiger charge is -2.10. The maximum absolute atomic E-state index is 11.6. The molecule has 1 aromatic rings. The molecular weight excluding hydrogens is 232 g/mol. The molecule has 0 saturated heterocycles. The van der Waals surface area contributed by atoms with Crippen LogP contribution in [0, 0.1) is 0 Å². The van der Waals surface area contributed by atoms with Crippen LogP contribution in [0.15, 0.2) is 16.8 Å². The van der Waals surface area contributed by atoms with Crippen molar-refractivity contribution in [2.24, 2.45) is 0 Å². The van der Waals surface area contributed by atoms with Gasteiger partial charge in [0, 0.05) is 13.1 Å². The van der Waals surface area contributed by atoms with Gasteiger partial charge < -0.3 is 10.6 Å². The van der Waals surface area contributed by atoms with Crippen molar-refractivity contribution >= 4 is 29.7 Å². The molecule has 0 bridgehead atoms. The Bertz CT molecular complexity index is 277. The van der Waals surface area contributed by atoms with Gasteiger partial charge in [-0.1, -0.05) is 0 Å². The third-order valence-electron chi connectivity index (χ3n) is 2.11. The molecule has 15 heavy (non-hydrogen) atoms. The Morgan fingerprint density at radius 1 is 1.53 bits per heavy atom. The molecule has 2 N–H and O–H groups in total. The summed E-state index contributed by atoms with van der Waals surface area (Å²) in [7, 11) is 1.87. The monoisotopic (exact) mass is 248 g/mol. The van der Waals surface area contributed by atoms with E-state index in [4.69, 9.17) is 0 Å². The molecule has 1 unspecified atom stereocenters. The van der Waals surface area contributed by atoms with Crippen molar-refractivity contribution in [3.63, 3.8) is 0 Å². The van der Waals surface area contributed by atoms with E-state index >= 15 is 0 Å². The fraction of sp³-hybridized carbons (Fsp3) is 0.500. The summed E-state index contributed by atoms with van der Waals surface area (Å²) in [5.41, 5.74) is 1.09.